The van der Waals surface area contributed by atoms with E-state index in [4.69, 9.17) is 9.47 Å². The van der Waals surface area contributed by atoms with Gasteiger partial charge in [-0.15, -0.1) is 0 Å². The van der Waals surface area contributed by atoms with Crippen LogP contribution in [0.25, 0.3) is 0 Å². The molecule has 1 aromatic rings. The van der Waals surface area contributed by atoms with Gasteiger partial charge in [-0.1, -0.05) is 20.3 Å². The molecule has 0 N–H and O–H groups in total. The normalized spacial score (nSPS) is 44.3. The number of ether oxygens (including phenoxy) is 2. The smallest absolute Gasteiger partial charge is 0.311 e. The quantitative estimate of drug-likeness (QED) is 0.545. The number of esters is 1. The van der Waals surface area contributed by atoms with Gasteiger partial charge < -0.3 is 14.4 Å². The molecule has 5 fully saturated rings. The maximum atomic E-state index is 13.2. The highest BCUT2D eigenvalue weighted by molar-refractivity contribution is 5.76. The second kappa shape index (κ2) is 6.92. The van der Waals surface area contributed by atoms with E-state index in [9.17, 15) is 9.18 Å². The van der Waals surface area contributed by atoms with Gasteiger partial charge in [-0.05, 0) is 49.4 Å². The van der Waals surface area contributed by atoms with Gasteiger partial charge in [0.2, 0.25) is 0 Å². The van der Waals surface area contributed by atoms with Crippen LogP contribution in [0, 0.1) is 29.0 Å². The number of carbonyl (C=O) groups is 1. The molecule has 31 heavy (non-hydrogen) atoms. The lowest BCUT2D eigenvalue weighted by atomic mass is 9.53. The van der Waals surface area contributed by atoms with Gasteiger partial charge in [0.15, 0.2) is 0 Å². The molecule has 0 radical (unpaired) electrons. The predicted molar refractivity (Wildman–Crippen MR) is 115 cm³/mol. The van der Waals surface area contributed by atoms with E-state index in [1.807, 2.05) is 12.1 Å². The molecule has 2 saturated carbocycles. The lowest BCUT2D eigenvalue weighted by molar-refractivity contribution is -0.146. The van der Waals surface area contributed by atoms with E-state index in [-0.39, 0.29) is 46.8 Å². The molecule has 5 aliphatic rings. The first kappa shape index (κ1) is 20.0. The van der Waals surface area contributed by atoms with E-state index in [2.05, 4.69) is 23.6 Å². The zero-order valence-corrected chi connectivity index (χ0v) is 18.6. The average molecular weight is 429 g/mol. The van der Waals surface area contributed by atoms with Crippen LogP contribution in [0.5, 0.6) is 0 Å². The summed E-state index contributed by atoms with van der Waals surface area (Å²) in [5, 5.41) is 0. The fourth-order valence-corrected chi connectivity index (χ4v) is 7.56. The molecule has 5 nitrogen and oxygen atoms in total. The summed E-state index contributed by atoms with van der Waals surface area (Å²) in [6.45, 7) is 9.07. The summed E-state index contributed by atoms with van der Waals surface area (Å²) in [5.74, 6) is 0.471. The number of anilines is 1. The van der Waals surface area contributed by atoms with Crippen molar-refractivity contribution in [3.05, 3.63) is 30.1 Å². The Morgan fingerprint density at radius 3 is 2.65 bits per heavy atom. The predicted octanol–water partition coefficient (Wildman–Crippen LogP) is 3.47. The topological polar surface area (TPSA) is 45.3 Å². The lowest BCUT2D eigenvalue weighted by Crippen LogP contribution is -2.55. The molecule has 7 atom stereocenters. The first-order valence-electron chi connectivity index (χ1n) is 12.0. The number of fused-ring (bicyclic) bond motifs is 2. The van der Waals surface area contributed by atoms with Crippen molar-refractivity contribution in [3.8, 4) is 0 Å². The molecule has 1 spiro atoms. The van der Waals surface area contributed by atoms with Crippen LogP contribution in [0.3, 0.4) is 0 Å². The van der Waals surface area contributed by atoms with Crippen molar-refractivity contribution >= 4 is 11.7 Å². The Bertz CT molecular complexity index is 870. The molecule has 0 amide bonds. The van der Waals surface area contributed by atoms with Crippen LogP contribution < -0.4 is 4.90 Å². The van der Waals surface area contributed by atoms with Crippen molar-refractivity contribution in [3.63, 3.8) is 0 Å². The first-order valence-corrected chi connectivity index (χ1v) is 12.0. The molecule has 6 heteroatoms. The highest BCUT2D eigenvalue weighted by Crippen LogP contribution is 2.70. The van der Waals surface area contributed by atoms with Crippen molar-refractivity contribution in [2.24, 2.45) is 23.2 Å². The van der Waals surface area contributed by atoms with E-state index >= 15 is 0 Å². The minimum absolute atomic E-state index is 0.0171. The van der Waals surface area contributed by atoms with E-state index < -0.39 is 0 Å². The fraction of sp³-hybridized carbons (Fsp3) is 0.720. The van der Waals surface area contributed by atoms with Gasteiger partial charge >= 0.3 is 5.97 Å². The zero-order chi connectivity index (χ0) is 21.4. The van der Waals surface area contributed by atoms with Crippen LogP contribution in [-0.4, -0.2) is 61.4 Å². The van der Waals surface area contributed by atoms with Gasteiger partial charge in [0.25, 0.3) is 0 Å². The Labute approximate surface area is 183 Å². The number of hydrogen-bond acceptors (Lipinski definition) is 5. The van der Waals surface area contributed by atoms with E-state index in [1.54, 1.807) is 0 Å². The summed E-state index contributed by atoms with van der Waals surface area (Å²) in [6, 6.07) is 6.73. The summed E-state index contributed by atoms with van der Waals surface area (Å²) in [5.41, 5.74) is 1.18. The van der Waals surface area contributed by atoms with Crippen LogP contribution in [0.1, 0.15) is 39.5 Å². The summed E-state index contributed by atoms with van der Waals surface area (Å²) < 4.78 is 25.8. The van der Waals surface area contributed by atoms with Crippen LogP contribution in [0.2, 0.25) is 0 Å². The van der Waals surface area contributed by atoms with Crippen LogP contribution in [0.4, 0.5) is 10.1 Å². The standard InChI is InChI=1S/C25H33FN2O3/c1-16-4-3-9-24(2)14-20-21(22-25(16,24)31-22)19(23(29)30-20)15-27-10-12-28(13-11-27)18-7-5-17(26)6-8-18/h5-8,16,19-22H,3-4,9-15H2,1-2H3. The minimum atomic E-state index is -0.201. The molecule has 7 unspecified atom stereocenters. The Hall–Kier alpha value is -1.66. The van der Waals surface area contributed by atoms with Crippen molar-refractivity contribution in [1.82, 2.24) is 4.90 Å². The maximum absolute atomic E-state index is 13.2. The fourth-order valence-electron chi connectivity index (χ4n) is 7.56. The first-order chi connectivity index (χ1) is 14.9. The third kappa shape index (κ3) is 2.90. The van der Waals surface area contributed by atoms with Crippen molar-refractivity contribution < 1.29 is 18.7 Å². The van der Waals surface area contributed by atoms with Gasteiger partial charge in [0.1, 0.15) is 17.5 Å². The molecule has 168 valence electrons. The van der Waals surface area contributed by atoms with Crippen LogP contribution >= 0.6 is 0 Å². The number of nitrogens with zero attached hydrogens (tertiary/aromatic N) is 2. The second-order valence-electron chi connectivity index (χ2n) is 10.8. The number of rotatable bonds is 3. The summed E-state index contributed by atoms with van der Waals surface area (Å²) in [7, 11) is 0. The number of epoxide rings is 1. The molecular weight excluding hydrogens is 395 g/mol. The van der Waals surface area contributed by atoms with Gasteiger partial charge in [-0.2, -0.15) is 0 Å². The van der Waals surface area contributed by atoms with Crippen molar-refractivity contribution in [2.45, 2.75) is 57.3 Å². The largest absolute Gasteiger partial charge is 0.462 e. The summed E-state index contributed by atoms with van der Waals surface area (Å²) in [6.07, 6.45) is 4.83. The monoisotopic (exact) mass is 428 g/mol. The lowest BCUT2D eigenvalue weighted by Gasteiger charge is -2.49. The van der Waals surface area contributed by atoms with E-state index in [0.29, 0.717) is 5.92 Å². The molecule has 6 rings (SSSR count). The Kier molecular flexibility index (Phi) is 4.46. The molecule has 1 aromatic carbocycles. The van der Waals surface area contributed by atoms with Gasteiger partial charge in [-0.3, -0.25) is 9.69 Å². The number of halogens is 1. The number of benzene rings is 1. The van der Waals surface area contributed by atoms with Gasteiger partial charge in [0, 0.05) is 49.7 Å². The molecule has 3 saturated heterocycles. The average Bonchev–Trinajstić information content (AvgIpc) is 3.44. The highest BCUT2D eigenvalue weighted by atomic mass is 19.1. The molecular formula is C25H33FN2O3. The maximum Gasteiger partial charge on any atom is 0.311 e. The van der Waals surface area contributed by atoms with Crippen molar-refractivity contribution in [2.75, 3.05) is 37.6 Å². The molecule has 3 heterocycles. The third-order valence-electron chi connectivity index (χ3n) is 9.21. The van der Waals surface area contributed by atoms with Crippen LogP contribution in [0.15, 0.2) is 24.3 Å². The number of piperazine rings is 1. The zero-order valence-electron chi connectivity index (χ0n) is 18.6. The molecule has 2 aliphatic carbocycles. The van der Waals surface area contributed by atoms with Crippen molar-refractivity contribution in [1.29, 1.82) is 0 Å². The third-order valence-corrected chi connectivity index (χ3v) is 9.21. The molecule has 0 bridgehead atoms. The Balaban J connectivity index is 1.14. The van der Waals surface area contributed by atoms with E-state index in [1.165, 1.54) is 31.4 Å². The summed E-state index contributed by atoms with van der Waals surface area (Å²) in [4.78, 5) is 17.6. The molecule has 0 aromatic heterocycles. The van der Waals surface area contributed by atoms with E-state index in [0.717, 1.165) is 44.8 Å². The summed E-state index contributed by atoms with van der Waals surface area (Å²) >= 11 is 0. The Morgan fingerprint density at radius 1 is 1.16 bits per heavy atom. The van der Waals surface area contributed by atoms with Gasteiger partial charge in [-0.25, -0.2) is 4.39 Å². The minimum Gasteiger partial charge on any atom is -0.462 e. The SMILES string of the molecule is CC1CCCC2(C)CC3OC(=O)C(CN4CCN(c5ccc(F)cc5)CC4)C3C3OC132. The Morgan fingerprint density at radius 2 is 1.90 bits per heavy atom. The molecule has 3 aliphatic heterocycles. The van der Waals surface area contributed by atoms with Gasteiger partial charge in [0.05, 0.1) is 12.0 Å². The number of hydrogen-bond donors (Lipinski definition) is 0. The number of carbonyl (C=O) groups excluding carboxylic acids is 1. The second-order valence-corrected chi connectivity index (χ2v) is 10.8. The van der Waals surface area contributed by atoms with Crippen LogP contribution in [-0.2, 0) is 14.3 Å². The highest BCUT2D eigenvalue weighted by Gasteiger charge is 2.78.